The van der Waals surface area contributed by atoms with E-state index in [0.717, 1.165) is 11.1 Å². The molecule has 0 saturated heterocycles. The number of ketones is 1. The minimum absolute atomic E-state index is 0.0470. The van der Waals surface area contributed by atoms with Crippen LogP contribution in [-0.4, -0.2) is 48.4 Å². The summed E-state index contributed by atoms with van der Waals surface area (Å²) in [5.74, 6) is 0.523. The number of carbonyl (C=O) groups excluding carboxylic acids is 2. The second kappa shape index (κ2) is 11.4. The largest absolute Gasteiger partial charge is 0.497 e. The van der Waals surface area contributed by atoms with E-state index in [4.69, 9.17) is 14.0 Å². The van der Waals surface area contributed by atoms with Crippen LogP contribution in [0.15, 0.2) is 51.8 Å². The summed E-state index contributed by atoms with van der Waals surface area (Å²) >= 11 is 0. The summed E-state index contributed by atoms with van der Waals surface area (Å²) in [6, 6.07) is 10.9. The number of Topliss-reactive ketones (excluding diaryl/α,β-unsaturated/α-hetero) is 1. The quantitative estimate of drug-likeness (QED) is 0.430. The molecule has 1 aliphatic heterocycles. The van der Waals surface area contributed by atoms with Gasteiger partial charge in [0, 0.05) is 19.0 Å². The lowest BCUT2D eigenvalue weighted by Gasteiger charge is -2.36. The molecule has 1 aliphatic rings. The summed E-state index contributed by atoms with van der Waals surface area (Å²) in [4.78, 5) is 40.1. The van der Waals surface area contributed by atoms with Gasteiger partial charge in [0.05, 0.1) is 13.5 Å². The van der Waals surface area contributed by atoms with Crippen molar-refractivity contribution in [3.63, 3.8) is 0 Å². The van der Waals surface area contributed by atoms with Gasteiger partial charge in [0.2, 0.25) is 5.91 Å². The van der Waals surface area contributed by atoms with Gasteiger partial charge in [-0.25, -0.2) is 8.78 Å². The Bertz CT molecular complexity index is 1410. The molecule has 39 heavy (non-hydrogen) atoms. The highest BCUT2D eigenvalue weighted by Gasteiger charge is 2.36. The molecule has 1 aromatic heterocycles. The van der Waals surface area contributed by atoms with E-state index in [1.807, 2.05) is 26.8 Å². The van der Waals surface area contributed by atoms with E-state index in [9.17, 15) is 23.2 Å². The van der Waals surface area contributed by atoms with Gasteiger partial charge in [-0.3, -0.25) is 14.4 Å². The van der Waals surface area contributed by atoms with Gasteiger partial charge in [-0.2, -0.15) is 5.16 Å². The molecular weight excluding hydrogens is 510 g/mol. The molecule has 1 atom stereocenters. The van der Waals surface area contributed by atoms with Crippen molar-refractivity contribution in [3.8, 4) is 11.5 Å². The van der Waals surface area contributed by atoms with Crippen LogP contribution in [0.5, 0.6) is 11.5 Å². The predicted octanol–water partition coefficient (Wildman–Crippen LogP) is 4.40. The fourth-order valence-electron chi connectivity index (χ4n) is 4.87. The number of aromatic nitrogens is 1. The normalized spacial score (nSPS) is 15.3. The Morgan fingerprint density at radius 1 is 1.13 bits per heavy atom. The number of H-pyrrole nitrogens is 1. The average molecular weight is 543 g/mol. The van der Waals surface area contributed by atoms with E-state index in [1.54, 1.807) is 37.4 Å². The van der Waals surface area contributed by atoms with Crippen LogP contribution in [0, 0.1) is 0 Å². The van der Waals surface area contributed by atoms with Crippen molar-refractivity contribution in [2.45, 2.75) is 57.9 Å². The van der Waals surface area contributed by atoms with Gasteiger partial charge in [-0.05, 0) is 52.3 Å². The molecule has 10 heteroatoms. The molecule has 2 aromatic carbocycles. The maximum absolute atomic E-state index is 13.8. The van der Waals surface area contributed by atoms with Crippen molar-refractivity contribution in [2.24, 2.45) is 0 Å². The third kappa shape index (κ3) is 6.55. The summed E-state index contributed by atoms with van der Waals surface area (Å²) in [5.41, 5.74) is 2.11. The van der Waals surface area contributed by atoms with Crippen LogP contribution in [0.4, 0.5) is 8.78 Å². The molecule has 0 saturated carbocycles. The topological polar surface area (TPSA) is 102 Å². The van der Waals surface area contributed by atoms with Crippen molar-refractivity contribution in [1.29, 1.82) is 0 Å². The third-order valence-electron chi connectivity index (χ3n) is 6.70. The van der Waals surface area contributed by atoms with Gasteiger partial charge in [-0.15, -0.1) is 0 Å². The molecule has 1 unspecified atom stereocenters. The predicted molar refractivity (Wildman–Crippen MR) is 140 cm³/mol. The summed E-state index contributed by atoms with van der Waals surface area (Å²) in [6.07, 6.45) is -2.35. The number of hydrogen-bond donors (Lipinski definition) is 1. The molecule has 0 bridgehead atoms. The lowest BCUT2D eigenvalue weighted by atomic mass is 9.84. The van der Waals surface area contributed by atoms with Gasteiger partial charge in [0.1, 0.15) is 29.9 Å². The molecule has 8 nitrogen and oxygen atoms in total. The molecule has 208 valence electrons. The van der Waals surface area contributed by atoms with Crippen LogP contribution in [0.2, 0.25) is 0 Å². The molecule has 0 radical (unpaired) electrons. The zero-order valence-electron chi connectivity index (χ0n) is 22.4. The summed E-state index contributed by atoms with van der Waals surface area (Å²) < 4.78 is 41.7. The van der Waals surface area contributed by atoms with Crippen LogP contribution in [-0.2, 0) is 34.3 Å². The Kier molecular flexibility index (Phi) is 8.22. The van der Waals surface area contributed by atoms with E-state index in [-0.39, 0.29) is 42.3 Å². The zero-order chi connectivity index (χ0) is 28.3. The first-order valence-corrected chi connectivity index (χ1v) is 12.7. The Morgan fingerprint density at radius 2 is 1.90 bits per heavy atom. The molecule has 0 fully saturated rings. The molecule has 4 rings (SSSR count). The van der Waals surface area contributed by atoms with E-state index in [0.29, 0.717) is 29.0 Å². The number of ether oxygens (including phenoxy) is 2. The number of amides is 1. The highest BCUT2D eigenvalue weighted by Crippen LogP contribution is 2.36. The Morgan fingerprint density at radius 3 is 2.54 bits per heavy atom. The maximum atomic E-state index is 13.8. The van der Waals surface area contributed by atoms with Crippen LogP contribution < -0.4 is 15.0 Å². The average Bonchev–Trinajstić information content (AvgIpc) is 3.29. The number of nitrogens with zero attached hydrogens (tertiary/aromatic N) is 1. The Hall–Kier alpha value is -3.95. The lowest BCUT2D eigenvalue weighted by Crippen LogP contribution is -2.44. The first-order chi connectivity index (χ1) is 18.5. The zero-order valence-corrected chi connectivity index (χ0v) is 22.4. The number of rotatable bonds is 9. The number of aromatic amines is 1. The summed E-state index contributed by atoms with van der Waals surface area (Å²) in [7, 11) is 1.56. The van der Waals surface area contributed by atoms with Crippen LogP contribution in [0.25, 0.3) is 0 Å². The van der Waals surface area contributed by atoms with E-state index in [1.165, 1.54) is 11.0 Å². The molecule has 0 spiro atoms. The van der Waals surface area contributed by atoms with Gasteiger partial charge < -0.3 is 18.9 Å². The number of carbonyl (C=O) groups is 2. The molecule has 2 heterocycles. The highest BCUT2D eigenvalue weighted by molar-refractivity contribution is 5.92. The fraction of sp³-hybridized carbons (Fsp3) is 0.414. The summed E-state index contributed by atoms with van der Waals surface area (Å²) in [5, 5.41) is 2.17. The third-order valence-corrected chi connectivity index (χ3v) is 6.70. The molecule has 1 amide bonds. The fourth-order valence-corrected chi connectivity index (χ4v) is 4.87. The maximum Gasteiger partial charge on any atom is 0.280 e. The van der Waals surface area contributed by atoms with Crippen LogP contribution in [0.1, 0.15) is 54.8 Å². The van der Waals surface area contributed by atoms with Crippen LogP contribution in [0.3, 0.4) is 0 Å². The Labute approximate surface area is 224 Å². The van der Waals surface area contributed by atoms with Gasteiger partial charge in [0.15, 0.2) is 5.78 Å². The number of methoxy groups -OCH3 is 1. The Balaban J connectivity index is 1.66. The highest BCUT2D eigenvalue weighted by atomic mass is 19.3. The number of benzene rings is 2. The van der Waals surface area contributed by atoms with Crippen LogP contribution >= 0.6 is 0 Å². The number of alkyl halides is 2. The number of nitrogens with one attached hydrogen (secondary N) is 1. The van der Waals surface area contributed by atoms with Gasteiger partial charge in [0.25, 0.3) is 12.0 Å². The van der Waals surface area contributed by atoms with E-state index in [2.05, 4.69) is 5.16 Å². The monoisotopic (exact) mass is 542 g/mol. The first-order valence-electron chi connectivity index (χ1n) is 12.7. The second-order valence-corrected chi connectivity index (χ2v) is 10.6. The van der Waals surface area contributed by atoms with Gasteiger partial charge in [-0.1, -0.05) is 39.0 Å². The minimum atomic E-state index is -2.64. The first kappa shape index (κ1) is 28.1. The molecule has 3 aromatic rings. The SMILES string of the molecule is COc1ccc2c(c1)CCN(C(=O)Cc1cc(=O)[nH]o1)C2C(=O)Cc1ccc(C(C)(C)C)c(OCC(F)F)c1. The molecule has 1 N–H and O–H groups in total. The molecular formula is C29H32F2N2O6. The molecule has 0 aliphatic carbocycles. The minimum Gasteiger partial charge on any atom is -0.497 e. The lowest BCUT2D eigenvalue weighted by molar-refractivity contribution is -0.140. The van der Waals surface area contributed by atoms with E-state index < -0.39 is 24.6 Å². The number of fused-ring (bicyclic) bond motifs is 1. The number of halogens is 2. The summed E-state index contributed by atoms with van der Waals surface area (Å²) in [6.45, 7) is 5.38. The van der Waals surface area contributed by atoms with Crippen molar-refractivity contribution < 1.29 is 32.4 Å². The number of hydrogen-bond acceptors (Lipinski definition) is 6. The standard InChI is InChI=1S/C29H32F2N2O6/c1-29(2,3)22-8-5-17(12-24(22)38-16-25(30)31)11-23(34)28-21-7-6-19(37-4)13-18(21)9-10-33(28)27(36)15-20-14-26(35)32-39-20/h5-8,12-14,25,28H,9-11,15-16H2,1-4H3,(H,32,35). The van der Waals surface area contributed by atoms with Crippen molar-refractivity contribution in [1.82, 2.24) is 10.1 Å². The van der Waals surface area contributed by atoms with Gasteiger partial charge >= 0.3 is 0 Å². The second-order valence-electron chi connectivity index (χ2n) is 10.6. The smallest absolute Gasteiger partial charge is 0.280 e. The van der Waals surface area contributed by atoms with Crippen molar-refractivity contribution in [3.05, 3.63) is 80.8 Å². The van der Waals surface area contributed by atoms with Crippen molar-refractivity contribution >= 4 is 11.7 Å². The van der Waals surface area contributed by atoms with E-state index >= 15 is 0 Å². The van der Waals surface area contributed by atoms with Crippen molar-refractivity contribution in [2.75, 3.05) is 20.3 Å².